The summed E-state index contributed by atoms with van der Waals surface area (Å²) < 4.78 is 0. The highest BCUT2D eigenvalue weighted by Crippen LogP contribution is 2.21. The SMILES string of the molecule is N#CSc1ccc(C#Cc2ccc(C#Cc3ccc(SC#N)cc3)c([N+](=O)[O-])c2)cc1. The summed E-state index contributed by atoms with van der Waals surface area (Å²) in [4.78, 5) is 12.7. The molecule has 0 aliphatic heterocycles. The van der Waals surface area contributed by atoms with Crippen molar-refractivity contribution in [1.82, 2.24) is 0 Å². The van der Waals surface area contributed by atoms with E-state index in [-0.39, 0.29) is 5.69 Å². The molecule has 0 atom stereocenters. The number of nitro benzene ring substituents is 1. The molecule has 146 valence electrons. The zero-order chi connectivity index (χ0) is 22.1. The highest BCUT2D eigenvalue weighted by Gasteiger charge is 2.12. The largest absolute Gasteiger partial charge is 0.286 e. The number of rotatable bonds is 3. The first-order valence-corrected chi connectivity index (χ1v) is 10.4. The van der Waals surface area contributed by atoms with Gasteiger partial charge in [0.1, 0.15) is 16.4 Å². The van der Waals surface area contributed by atoms with E-state index in [0.29, 0.717) is 16.7 Å². The fraction of sp³-hybridized carbons (Fsp3) is 0. The van der Waals surface area contributed by atoms with Crippen LogP contribution >= 0.6 is 23.5 Å². The van der Waals surface area contributed by atoms with Crippen LogP contribution in [0.15, 0.2) is 76.5 Å². The predicted molar refractivity (Wildman–Crippen MR) is 121 cm³/mol. The molecule has 0 unspecified atom stereocenters. The monoisotopic (exact) mass is 437 g/mol. The van der Waals surface area contributed by atoms with Crippen molar-refractivity contribution in [2.24, 2.45) is 0 Å². The van der Waals surface area contributed by atoms with Crippen molar-refractivity contribution in [3.63, 3.8) is 0 Å². The van der Waals surface area contributed by atoms with Gasteiger partial charge in [-0.1, -0.05) is 23.7 Å². The van der Waals surface area contributed by atoms with Crippen LogP contribution in [0, 0.1) is 55.1 Å². The molecule has 0 amide bonds. The van der Waals surface area contributed by atoms with Crippen molar-refractivity contribution in [1.29, 1.82) is 10.5 Å². The Morgan fingerprint density at radius 1 is 0.677 bits per heavy atom. The Balaban J connectivity index is 1.83. The Bertz CT molecular complexity index is 1330. The van der Waals surface area contributed by atoms with Crippen LogP contribution in [0.25, 0.3) is 0 Å². The van der Waals surface area contributed by atoms with Gasteiger partial charge in [-0.05, 0) is 84.2 Å². The summed E-state index contributed by atoms with van der Waals surface area (Å²) >= 11 is 2.12. The van der Waals surface area contributed by atoms with Crippen LogP contribution in [0.4, 0.5) is 5.69 Å². The van der Waals surface area contributed by atoms with Gasteiger partial charge in [0, 0.05) is 32.5 Å². The number of thiocyanates is 2. The third-order valence-corrected chi connectivity index (χ3v) is 5.12. The normalized spacial score (nSPS) is 9.23. The molecule has 31 heavy (non-hydrogen) atoms. The Morgan fingerprint density at radius 2 is 1.13 bits per heavy atom. The van der Waals surface area contributed by atoms with E-state index in [1.807, 2.05) is 10.8 Å². The van der Waals surface area contributed by atoms with Crippen molar-refractivity contribution in [3.8, 4) is 34.5 Å². The van der Waals surface area contributed by atoms with Crippen LogP contribution < -0.4 is 0 Å². The molecule has 0 fully saturated rings. The third kappa shape index (κ3) is 6.17. The summed E-state index contributed by atoms with van der Waals surface area (Å²) in [5.41, 5.74) is 2.12. The Hall–Kier alpha value is -4.14. The first-order valence-electron chi connectivity index (χ1n) is 8.73. The smallest absolute Gasteiger partial charge is 0.258 e. The third-order valence-electron chi connectivity index (χ3n) is 3.92. The fourth-order valence-electron chi connectivity index (χ4n) is 2.47. The minimum atomic E-state index is -0.476. The van der Waals surface area contributed by atoms with Gasteiger partial charge in [-0.15, -0.1) is 0 Å². The Labute approximate surface area is 187 Å². The molecule has 0 bridgehead atoms. The first-order chi connectivity index (χ1) is 15.1. The van der Waals surface area contributed by atoms with Gasteiger partial charge in [0.25, 0.3) is 5.69 Å². The summed E-state index contributed by atoms with van der Waals surface area (Å²) in [6.07, 6.45) is 0. The van der Waals surface area contributed by atoms with Gasteiger partial charge in [0.05, 0.1) is 4.92 Å². The van der Waals surface area contributed by atoms with Crippen LogP contribution in [0.1, 0.15) is 22.3 Å². The number of benzene rings is 3. The zero-order valence-electron chi connectivity index (χ0n) is 15.8. The minimum Gasteiger partial charge on any atom is -0.258 e. The average Bonchev–Trinajstić information content (AvgIpc) is 2.79. The van der Waals surface area contributed by atoms with Crippen LogP contribution in [-0.2, 0) is 0 Å². The van der Waals surface area contributed by atoms with Crippen LogP contribution in [0.5, 0.6) is 0 Å². The lowest BCUT2D eigenvalue weighted by Gasteiger charge is -1.98. The Kier molecular flexibility index (Phi) is 7.36. The van der Waals surface area contributed by atoms with E-state index in [9.17, 15) is 10.1 Å². The molecule has 3 aromatic rings. The fourth-order valence-corrected chi connectivity index (χ4v) is 3.22. The molecule has 0 heterocycles. The van der Waals surface area contributed by atoms with E-state index in [4.69, 9.17) is 10.5 Å². The van der Waals surface area contributed by atoms with Gasteiger partial charge >= 0.3 is 0 Å². The Morgan fingerprint density at radius 3 is 1.61 bits per heavy atom. The van der Waals surface area contributed by atoms with Crippen molar-refractivity contribution in [2.75, 3.05) is 0 Å². The number of thioether (sulfide) groups is 2. The molecule has 3 rings (SSSR count). The van der Waals surface area contributed by atoms with Crippen LogP contribution in [0.3, 0.4) is 0 Å². The van der Waals surface area contributed by atoms with E-state index in [1.165, 1.54) is 6.07 Å². The molecular weight excluding hydrogens is 426 g/mol. The van der Waals surface area contributed by atoms with E-state index in [0.717, 1.165) is 38.9 Å². The second kappa shape index (κ2) is 10.6. The lowest BCUT2D eigenvalue weighted by molar-refractivity contribution is -0.385. The minimum absolute atomic E-state index is 0.114. The maximum Gasteiger partial charge on any atom is 0.286 e. The summed E-state index contributed by atoms with van der Waals surface area (Å²) in [6.45, 7) is 0. The number of nitriles is 2. The summed E-state index contributed by atoms with van der Waals surface area (Å²) in [5.74, 6) is 11.6. The van der Waals surface area contributed by atoms with Gasteiger partial charge < -0.3 is 0 Å². The number of nitro groups is 1. The summed E-state index contributed by atoms with van der Waals surface area (Å²) in [5, 5.41) is 32.9. The first kappa shape index (κ1) is 21.6. The van der Waals surface area contributed by atoms with Gasteiger partial charge in [0.2, 0.25) is 0 Å². The summed E-state index contributed by atoms with van der Waals surface area (Å²) in [6, 6.07) is 18.9. The molecule has 5 nitrogen and oxygen atoms in total. The van der Waals surface area contributed by atoms with Gasteiger partial charge in [-0.3, -0.25) is 10.1 Å². The van der Waals surface area contributed by atoms with Crippen molar-refractivity contribution in [3.05, 3.63) is 99.1 Å². The quantitative estimate of drug-likeness (QED) is 0.176. The highest BCUT2D eigenvalue weighted by atomic mass is 32.2. The van der Waals surface area contributed by atoms with E-state index < -0.39 is 4.92 Å². The molecule has 0 saturated carbocycles. The molecule has 0 aliphatic rings. The zero-order valence-corrected chi connectivity index (χ0v) is 17.5. The van der Waals surface area contributed by atoms with Gasteiger partial charge in [-0.2, -0.15) is 10.5 Å². The molecule has 0 radical (unpaired) electrons. The molecule has 0 aliphatic carbocycles. The topological polar surface area (TPSA) is 90.7 Å². The average molecular weight is 438 g/mol. The number of hydrogen-bond donors (Lipinski definition) is 0. The van der Waals surface area contributed by atoms with E-state index >= 15 is 0 Å². The van der Waals surface area contributed by atoms with E-state index in [2.05, 4.69) is 23.7 Å². The van der Waals surface area contributed by atoms with Crippen molar-refractivity contribution in [2.45, 2.75) is 9.79 Å². The van der Waals surface area contributed by atoms with Gasteiger partial charge in [-0.25, -0.2) is 0 Å². The summed E-state index contributed by atoms with van der Waals surface area (Å²) in [7, 11) is 0. The lowest BCUT2D eigenvalue weighted by atomic mass is 10.1. The van der Waals surface area contributed by atoms with Crippen molar-refractivity contribution < 1.29 is 4.92 Å². The number of nitrogens with zero attached hydrogens (tertiary/aromatic N) is 3. The molecule has 0 aromatic heterocycles. The second-order valence-corrected chi connectivity index (χ2v) is 7.64. The number of hydrogen-bond acceptors (Lipinski definition) is 6. The maximum absolute atomic E-state index is 11.5. The lowest BCUT2D eigenvalue weighted by Crippen LogP contribution is -1.93. The second-order valence-electron chi connectivity index (χ2n) is 5.92. The maximum atomic E-state index is 11.5. The molecule has 0 N–H and O–H groups in total. The van der Waals surface area contributed by atoms with E-state index in [1.54, 1.807) is 60.7 Å². The van der Waals surface area contributed by atoms with Crippen LogP contribution in [-0.4, -0.2) is 4.92 Å². The molecule has 0 saturated heterocycles. The molecule has 0 spiro atoms. The predicted octanol–water partition coefficient (Wildman–Crippen LogP) is 5.54. The molecular formula is C24H11N3O2S2. The molecule has 3 aromatic carbocycles. The molecule has 7 heteroatoms. The van der Waals surface area contributed by atoms with Crippen LogP contribution in [0.2, 0.25) is 0 Å². The standard InChI is InChI=1S/C24H11N3O2S2/c25-16-30-22-11-5-18(6-12-22)1-2-20-4-10-21(24(15-20)27(28)29)9-3-19-7-13-23(14-8-19)31-17-26/h4-8,10-15H. The van der Waals surface area contributed by atoms with Gasteiger partial charge in [0.15, 0.2) is 0 Å². The highest BCUT2D eigenvalue weighted by molar-refractivity contribution is 8.04. The van der Waals surface area contributed by atoms with Crippen molar-refractivity contribution >= 4 is 29.2 Å².